The van der Waals surface area contributed by atoms with Crippen LogP contribution in [-0.4, -0.2) is 33.9 Å². The van der Waals surface area contributed by atoms with Gasteiger partial charge >= 0.3 is 0 Å². The molecule has 3 rings (SSSR count). The molecule has 4 nitrogen and oxygen atoms in total. The zero-order chi connectivity index (χ0) is 17.1. The van der Waals surface area contributed by atoms with Crippen molar-refractivity contribution in [3.05, 3.63) is 59.2 Å². The van der Waals surface area contributed by atoms with E-state index < -0.39 is 0 Å². The summed E-state index contributed by atoms with van der Waals surface area (Å²) in [5.74, 6) is 0.377. The summed E-state index contributed by atoms with van der Waals surface area (Å²) in [5, 5.41) is 1.32. The second kappa shape index (κ2) is 6.97. The predicted octanol–water partition coefficient (Wildman–Crippen LogP) is 4.43. The second-order valence-electron chi connectivity index (χ2n) is 5.37. The maximum Gasteiger partial charge on any atom is 0.273 e. The molecule has 0 fully saturated rings. The van der Waals surface area contributed by atoms with E-state index in [-0.39, 0.29) is 5.91 Å². The largest absolute Gasteiger partial charge is 0.338 e. The molecule has 0 saturated carbocycles. The Hall–Kier alpha value is -2.46. The van der Waals surface area contributed by atoms with E-state index in [4.69, 9.17) is 11.6 Å². The van der Waals surface area contributed by atoms with Crippen molar-refractivity contribution in [2.45, 2.75) is 13.8 Å². The molecular formula is C19H18ClN3O. The number of amides is 1. The number of fused-ring (bicyclic) bond motifs is 1. The lowest BCUT2D eigenvalue weighted by molar-refractivity contribution is 0.0769. The van der Waals surface area contributed by atoms with Gasteiger partial charge in [-0.1, -0.05) is 41.9 Å². The fourth-order valence-electron chi connectivity index (χ4n) is 2.66. The third-order valence-electron chi connectivity index (χ3n) is 3.97. The monoisotopic (exact) mass is 339 g/mol. The molecule has 0 spiro atoms. The van der Waals surface area contributed by atoms with Gasteiger partial charge < -0.3 is 4.90 Å². The highest BCUT2D eigenvalue weighted by atomic mass is 35.5. The Kier molecular flexibility index (Phi) is 4.76. The highest BCUT2D eigenvalue weighted by Crippen LogP contribution is 2.27. The fraction of sp³-hybridized carbons (Fsp3) is 0.211. The van der Waals surface area contributed by atoms with Crippen LogP contribution in [0.2, 0.25) is 5.02 Å². The highest BCUT2D eigenvalue weighted by molar-refractivity contribution is 6.33. The van der Waals surface area contributed by atoms with Gasteiger partial charge in [0.1, 0.15) is 5.69 Å². The molecule has 0 aliphatic heterocycles. The lowest BCUT2D eigenvalue weighted by Crippen LogP contribution is -2.31. The van der Waals surface area contributed by atoms with Crippen molar-refractivity contribution < 1.29 is 4.79 Å². The van der Waals surface area contributed by atoms with Gasteiger partial charge in [0.05, 0.1) is 10.5 Å². The molecule has 0 radical (unpaired) electrons. The van der Waals surface area contributed by atoms with Gasteiger partial charge in [-0.05, 0) is 32.0 Å². The van der Waals surface area contributed by atoms with Gasteiger partial charge in [0.25, 0.3) is 5.91 Å². The molecule has 0 saturated heterocycles. The number of carbonyl (C=O) groups excluding carboxylic acids is 1. The lowest BCUT2D eigenvalue weighted by atomic mass is 10.1. The minimum atomic E-state index is -0.0908. The number of hydrogen-bond donors (Lipinski definition) is 0. The number of nitrogens with zero attached hydrogens (tertiary/aromatic N) is 3. The van der Waals surface area contributed by atoms with Crippen LogP contribution in [0, 0.1) is 0 Å². The Morgan fingerprint density at radius 3 is 2.38 bits per heavy atom. The molecule has 0 atom stereocenters. The Morgan fingerprint density at radius 2 is 1.67 bits per heavy atom. The molecule has 122 valence electrons. The predicted molar refractivity (Wildman–Crippen MR) is 97.2 cm³/mol. The summed E-state index contributed by atoms with van der Waals surface area (Å²) in [4.78, 5) is 23.8. The number of rotatable bonds is 4. The Labute approximate surface area is 146 Å². The number of halogens is 1. The van der Waals surface area contributed by atoms with Crippen LogP contribution in [0.5, 0.6) is 0 Å². The molecule has 3 aromatic rings. The Bertz CT molecular complexity index is 891. The molecular weight excluding hydrogens is 322 g/mol. The molecule has 1 heterocycles. The third-order valence-corrected chi connectivity index (χ3v) is 4.30. The number of carbonyl (C=O) groups is 1. The van der Waals surface area contributed by atoms with E-state index in [0.717, 1.165) is 16.5 Å². The summed E-state index contributed by atoms with van der Waals surface area (Å²) in [6, 6.07) is 14.9. The molecule has 0 bridgehead atoms. The van der Waals surface area contributed by atoms with Crippen molar-refractivity contribution in [3.63, 3.8) is 0 Å². The Morgan fingerprint density at radius 1 is 1.00 bits per heavy atom. The molecule has 1 aromatic heterocycles. The SMILES string of the molecule is CCN(CC)C(=O)c1nc(-c2ccccc2Cl)nc2ccccc12. The zero-order valence-corrected chi connectivity index (χ0v) is 14.4. The molecule has 0 unspecified atom stereocenters. The minimum Gasteiger partial charge on any atom is -0.338 e. The zero-order valence-electron chi connectivity index (χ0n) is 13.7. The van der Waals surface area contributed by atoms with Gasteiger partial charge in [-0.25, -0.2) is 9.97 Å². The van der Waals surface area contributed by atoms with Gasteiger partial charge in [0.15, 0.2) is 5.82 Å². The van der Waals surface area contributed by atoms with Crippen molar-refractivity contribution in [1.29, 1.82) is 0 Å². The maximum atomic E-state index is 12.9. The second-order valence-corrected chi connectivity index (χ2v) is 5.78. The molecule has 5 heteroatoms. The van der Waals surface area contributed by atoms with E-state index >= 15 is 0 Å². The highest BCUT2D eigenvalue weighted by Gasteiger charge is 2.20. The maximum absolute atomic E-state index is 12.9. The van der Waals surface area contributed by atoms with Crippen LogP contribution < -0.4 is 0 Å². The van der Waals surface area contributed by atoms with Crippen LogP contribution in [0.1, 0.15) is 24.3 Å². The summed E-state index contributed by atoms with van der Waals surface area (Å²) in [7, 11) is 0. The van der Waals surface area contributed by atoms with Crippen molar-refractivity contribution >= 4 is 28.4 Å². The van der Waals surface area contributed by atoms with Gasteiger partial charge in [-0.3, -0.25) is 4.79 Å². The summed E-state index contributed by atoms with van der Waals surface area (Å²) in [6.45, 7) is 5.18. The van der Waals surface area contributed by atoms with E-state index in [2.05, 4.69) is 9.97 Å². The molecule has 0 aliphatic rings. The molecule has 2 aromatic carbocycles. The van der Waals surface area contributed by atoms with E-state index in [1.54, 1.807) is 11.0 Å². The first-order valence-electron chi connectivity index (χ1n) is 7.96. The fourth-order valence-corrected chi connectivity index (χ4v) is 2.88. The summed E-state index contributed by atoms with van der Waals surface area (Å²) in [5.41, 5.74) is 1.87. The van der Waals surface area contributed by atoms with Gasteiger partial charge in [-0.15, -0.1) is 0 Å². The summed E-state index contributed by atoms with van der Waals surface area (Å²) < 4.78 is 0. The Balaban J connectivity index is 2.24. The first-order chi connectivity index (χ1) is 11.7. The molecule has 24 heavy (non-hydrogen) atoms. The summed E-state index contributed by atoms with van der Waals surface area (Å²) in [6.07, 6.45) is 0. The van der Waals surface area contributed by atoms with Crippen molar-refractivity contribution in [1.82, 2.24) is 14.9 Å². The number of benzene rings is 2. The van der Waals surface area contributed by atoms with Crippen LogP contribution in [0.3, 0.4) is 0 Å². The van der Waals surface area contributed by atoms with Gasteiger partial charge in [0.2, 0.25) is 0 Å². The van der Waals surface area contributed by atoms with Crippen LogP contribution in [0.15, 0.2) is 48.5 Å². The van der Waals surface area contributed by atoms with E-state index in [1.165, 1.54) is 0 Å². The molecule has 0 aliphatic carbocycles. The van der Waals surface area contributed by atoms with Crippen LogP contribution in [0.25, 0.3) is 22.3 Å². The van der Waals surface area contributed by atoms with Crippen LogP contribution >= 0.6 is 11.6 Å². The first kappa shape index (κ1) is 16.4. The van der Waals surface area contributed by atoms with E-state index in [0.29, 0.717) is 29.6 Å². The minimum absolute atomic E-state index is 0.0908. The molecule has 1 amide bonds. The standard InChI is InChI=1S/C19H18ClN3O/c1-3-23(4-2)19(24)17-14-10-6-8-12-16(14)21-18(22-17)13-9-5-7-11-15(13)20/h5-12H,3-4H2,1-2H3. The van der Waals surface area contributed by atoms with Crippen molar-refractivity contribution in [2.24, 2.45) is 0 Å². The van der Waals surface area contributed by atoms with Gasteiger partial charge in [-0.2, -0.15) is 0 Å². The van der Waals surface area contributed by atoms with E-state index in [1.807, 2.05) is 56.3 Å². The van der Waals surface area contributed by atoms with Gasteiger partial charge in [0, 0.05) is 24.0 Å². The lowest BCUT2D eigenvalue weighted by Gasteiger charge is -2.19. The normalized spacial score (nSPS) is 10.8. The number of para-hydroxylation sites is 1. The topological polar surface area (TPSA) is 46.1 Å². The third kappa shape index (κ3) is 2.97. The summed E-state index contributed by atoms with van der Waals surface area (Å²) >= 11 is 6.28. The van der Waals surface area contributed by atoms with Crippen molar-refractivity contribution in [2.75, 3.05) is 13.1 Å². The average molecular weight is 340 g/mol. The van der Waals surface area contributed by atoms with Crippen molar-refractivity contribution in [3.8, 4) is 11.4 Å². The van der Waals surface area contributed by atoms with Crippen LogP contribution in [0.4, 0.5) is 0 Å². The number of hydrogen-bond acceptors (Lipinski definition) is 3. The smallest absolute Gasteiger partial charge is 0.273 e. The number of aromatic nitrogens is 2. The average Bonchev–Trinajstić information content (AvgIpc) is 2.62. The quantitative estimate of drug-likeness (QED) is 0.706. The molecule has 0 N–H and O–H groups in total. The first-order valence-corrected chi connectivity index (χ1v) is 8.34. The van der Waals surface area contributed by atoms with E-state index in [9.17, 15) is 4.79 Å². The van der Waals surface area contributed by atoms with Crippen LogP contribution in [-0.2, 0) is 0 Å².